The van der Waals surface area contributed by atoms with Crippen molar-refractivity contribution in [1.29, 1.82) is 0 Å². The SMILES string of the molecule is C=CCC[C@@H](c1cc(Cl)cc(Cl)c1)N1CCNCC1. The quantitative estimate of drug-likeness (QED) is 0.829. The van der Waals surface area contributed by atoms with Gasteiger partial charge < -0.3 is 5.32 Å². The zero-order valence-corrected chi connectivity index (χ0v) is 12.6. The van der Waals surface area contributed by atoms with Crippen molar-refractivity contribution in [2.45, 2.75) is 18.9 Å². The second kappa shape index (κ2) is 7.30. The number of hydrogen-bond acceptors (Lipinski definition) is 2. The first-order chi connectivity index (χ1) is 9.20. The minimum atomic E-state index is 0.372. The van der Waals surface area contributed by atoms with E-state index in [0.717, 1.165) is 39.0 Å². The van der Waals surface area contributed by atoms with Gasteiger partial charge in [0.25, 0.3) is 0 Å². The molecule has 1 N–H and O–H groups in total. The maximum Gasteiger partial charge on any atom is 0.0424 e. The van der Waals surface area contributed by atoms with Gasteiger partial charge in [-0.05, 0) is 36.6 Å². The topological polar surface area (TPSA) is 15.3 Å². The Morgan fingerprint density at radius 2 is 1.84 bits per heavy atom. The number of nitrogens with one attached hydrogen (secondary N) is 1. The molecule has 4 heteroatoms. The number of halogens is 2. The first-order valence-electron chi connectivity index (χ1n) is 6.72. The first-order valence-corrected chi connectivity index (χ1v) is 7.48. The number of allylic oxidation sites excluding steroid dienone is 1. The molecule has 19 heavy (non-hydrogen) atoms. The van der Waals surface area contributed by atoms with E-state index >= 15 is 0 Å². The second-order valence-electron chi connectivity index (χ2n) is 4.87. The van der Waals surface area contributed by atoms with Crippen molar-refractivity contribution >= 4 is 23.2 Å². The zero-order chi connectivity index (χ0) is 13.7. The Balaban J connectivity index is 2.21. The summed E-state index contributed by atoms with van der Waals surface area (Å²) in [5.74, 6) is 0. The summed E-state index contributed by atoms with van der Waals surface area (Å²) in [6.07, 6.45) is 4.03. The fourth-order valence-corrected chi connectivity index (χ4v) is 3.14. The molecule has 0 spiro atoms. The van der Waals surface area contributed by atoms with E-state index in [1.54, 1.807) is 6.07 Å². The predicted molar refractivity (Wildman–Crippen MR) is 83.1 cm³/mol. The van der Waals surface area contributed by atoms with E-state index in [0.29, 0.717) is 16.1 Å². The monoisotopic (exact) mass is 298 g/mol. The lowest BCUT2D eigenvalue weighted by molar-refractivity contribution is 0.166. The number of piperazine rings is 1. The molecule has 0 aliphatic carbocycles. The van der Waals surface area contributed by atoms with Gasteiger partial charge in [0.05, 0.1) is 0 Å². The van der Waals surface area contributed by atoms with Gasteiger partial charge in [-0.2, -0.15) is 0 Å². The molecular formula is C15H20Cl2N2. The van der Waals surface area contributed by atoms with E-state index in [4.69, 9.17) is 23.2 Å². The Labute approximate surface area is 125 Å². The normalized spacial score (nSPS) is 18.2. The largest absolute Gasteiger partial charge is 0.314 e. The lowest BCUT2D eigenvalue weighted by Gasteiger charge is -2.35. The van der Waals surface area contributed by atoms with E-state index in [1.165, 1.54) is 5.56 Å². The summed E-state index contributed by atoms with van der Waals surface area (Å²) >= 11 is 12.3. The van der Waals surface area contributed by atoms with Gasteiger partial charge in [-0.1, -0.05) is 29.3 Å². The molecule has 2 rings (SSSR count). The van der Waals surface area contributed by atoms with Gasteiger partial charge in [0.1, 0.15) is 0 Å². The summed E-state index contributed by atoms with van der Waals surface area (Å²) in [6.45, 7) is 8.03. The summed E-state index contributed by atoms with van der Waals surface area (Å²) in [5, 5.41) is 4.80. The summed E-state index contributed by atoms with van der Waals surface area (Å²) in [7, 11) is 0. The van der Waals surface area contributed by atoms with Crippen LogP contribution >= 0.6 is 23.2 Å². The van der Waals surface area contributed by atoms with Crippen LogP contribution in [-0.2, 0) is 0 Å². The van der Waals surface area contributed by atoms with E-state index in [-0.39, 0.29) is 0 Å². The highest BCUT2D eigenvalue weighted by Crippen LogP contribution is 2.30. The van der Waals surface area contributed by atoms with E-state index in [2.05, 4.69) is 16.8 Å². The van der Waals surface area contributed by atoms with Crippen LogP contribution in [0.1, 0.15) is 24.4 Å². The van der Waals surface area contributed by atoms with E-state index in [1.807, 2.05) is 18.2 Å². The molecule has 1 atom stereocenters. The third-order valence-electron chi connectivity index (χ3n) is 3.51. The van der Waals surface area contributed by atoms with Crippen LogP contribution in [0.25, 0.3) is 0 Å². The third-order valence-corrected chi connectivity index (χ3v) is 3.94. The maximum atomic E-state index is 6.13. The first kappa shape index (κ1) is 14.9. The summed E-state index contributed by atoms with van der Waals surface area (Å²) in [4.78, 5) is 2.50. The number of benzene rings is 1. The standard InChI is InChI=1S/C15H20Cl2N2/c1-2-3-4-15(19-7-5-18-6-8-19)12-9-13(16)11-14(17)10-12/h2,9-11,15,18H,1,3-8H2/t15-/m0/s1. The highest BCUT2D eigenvalue weighted by Gasteiger charge is 2.22. The van der Waals surface area contributed by atoms with E-state index < -0.39 is 0 Å². The van der Waals surface area contributed by atoms with Crippen molar-refractivity contribution in [3.8, 4) is 0 Å². The fourth-order valence-electron chi connectivity index (χ4n) is 2.60. The van der Waals surface area contributed by atoms with Crippen LogP contribution in [0.2, 0.25) is 10.0 Å². The molecule has 104 valence electrons. The summed E-state index contributed by atoms with van der Waals surface area (Å²) in [6, 6.07) is 6.22. The molecule has 1 heterocycles. The fraction of sp³-hybridized carbons (Fsp3) is 0.467. The minimum Gasteiger partial charge on any atom is -0.314 e. The van der Waals surface area contributed by atoms with Crippen LogP contribution in [0.4, 0.5) is 0 Å². The van der Waals surface area contributed by atoms with Crippen molar-refractivity contribution in [2.24, 2.45) is 0 Å². The van der Waals surface area contributed by atoms with Gasteiger partial charge >= 0.3 is 0 Å². The Bertz CT molecular complexity index is 408. The van der Waals surface area contributed by atoms with Crippen molar-refractivity contribution in [2.75, 3.05) is 26.2 Å². The average molecular weight is 299 g/mol. The molecule has 0 bridgehead atoms. The molecule has 1 saturated heterocycles. The Morgan fingerprint density at radius 3 is 2.42 bits per heavy atom. The van der Waals surface area contributed by atoms with Gasteiger partial charge in [-0.25, -0.2) is 0 Å². The Hall–Kier alpha value is -0.540. The van der Waals surface area contributed by atoms with Gasteiger partial charge in [0.15, 0.2) is 0 Å². The van der Waals surface area contributed by atoms with Crippen LogP contribution in [0.15, 0.2) is 30.9 Å². The molecule has 1 fully saturated rings. The average Bonchev–Trinajstić information content (AvgIpc) is 2.39. The molecule has 1 aliphatic heterocycles. The lowest BCUT2D eigenvalue weighted by atomic mass is 9.99. The molecule has 1 aromatic carbocycles. The molecule has 1 aromatic rings. The molecule has 0 saturated carbocycles. The number of rotatable bonds is 5. The second-order valence-corrected chi connectivity index (χ2v) is 5.74. The van der Waals surface area contributed by atoms with Crippen LogP contribution in [-0.4, -0.2) is 31.1 Å². The van der Waals surface area contributed by atoms with Gasteiger partial charge in [-0.15, -0.1) is 6.58 Å². The summed E-state index contributed by atoms with van der Waals surface area (Å²) < 4.78 is 0. The molecule has 0 unspecified atom stereocenters. The molecule has 0 aromatic heterocycles. The van der Waals surface area contributed by atoms with E-state index in [9.17, 15) is 0 Å². The third kappa shape index (κ3) is 4.22. The van der Waals surface area contributed by atoms with Crippen LogP contribution in [0, 0.1) is 0 Å². The molecule has 0 amide bonds. The molecule has 0 radical (unpaired) electrons. The van der Waals surface area contributed by atoms with Gasteiger partial charge in [-0.3, -0.25) is 4.90 Å². The molecular weight excluding hydrogens is 279 g/mol. The predicted octanol–water partition coefficient (Wildman–Crippen LogP) is 3.91. The van der Waals surface area contributed by atoms with Crippen molar-refractivity contribution in [3.05, 3.63) is 46.5 Å². The van der Waals surface area contributed by atoms with Gasteiger partial charge in [0.2, 0.25) is 0 Å². The van der Waals surface area contributed by atoms with Gasteiger partial charge in [0, 0.05) is 42.3 Å². The smallest absolute Gasteiger partial charge is 0.0424 e. The zero-order valence-electron chi connectivity index (χ0n) is 11.0. The van der Waals surface area contributed by atoms with Crippen LogP contribution in [0.5, 0.6) is 0 Å². The number of hydrogen-bond donors (Lipinski definition) is 1. The van der Waals surface area contributed by atoms with Crippen molar-refractivity contribution in [3.63, 3.8) is 0 Å². The van der Waals surface area contributed by atoms with Crippen LogP contribution in [0.3, 0.4) is 0 Å². The minimum absolute atomic E-state index is 0.372. The molecule has 2 nitrogen and oxygen atoms in total. The van der Waals surface area contributed by atoms with Crippen molar-refractivity contribution < 1.29 is 0 Å². The van der Waals surface area contributed by atoms with Crippen molar-refractivity contribution in [1.82, 2.24) is 10.2 Å². The highest BCUT2D eigenvalue weighted by molar-refractivity contribution is 6.34. The lowest BCUT2D eigenvalue weighted by Crippen LogP contribution is -2.45. The Kier molecular flexibility index (Phi) is 5.71. The summed E-state index contributed by atoms with van der Waals surface area (Å²) in [5.41, 5.74) is 1.21. The Morgan fingerprint density at radius 1 is 1.21 bits per heavy atom. The molecule has 1 aliphatic rings. The maximum absolute atomic E-state index is 6.13. The number of nitrogens with zero attached hydrogens (tertiary/aromatic N) is 1. The van der Waals surface area contributed by atoms with Crippen LogP contribution < -0.4 is 5.32 Å². The highest BCUT2D eigenvalue weighted by atomic mass is 35.5.